The van der Waals surface area contributed by atoms with Gasteiger partial charge in [0.15, 0.2) is 23.3 Å². The number of nitrogens with zero attached hydrogens (tertiary/aromatic N) is 6. The van der Waals surface area contributed by atoms with E-state index >= 15 is 0 Å². The Morgan fingerprint density at radius 3 is 1.06 bits per heavy atom. The second kappa shape index (κ2) is 15.9. The number of fused-ring (bicyclic) bond motifs is 20. The van der Waals surface area contributed by atoms with E-state index in [0.717, 1.165) is 85.6 Å². The van der Waals surface area contributed by atoms with E-state index in [4.69, 9.17) is 38.3 Å². The summed E-state index contributed by atoms with van der Waals surface area (Å²) in [6.45, 7) is 0. The Kier molecular flexibility index (Phi) is 9.82. The second-order valence-corrected chi connectivity index (χ2v) is 22.3. The first-order valence-corrected chi connectivity index (χ1v) is 26.5. The molecule has 2 aliphatic rings. The van der Waals surface area contributed by atoms with Crippen LogP contribution in [-0.4, -0.2) is 48.3 Å². The van der Waals surface area contributed by atoms with Crippen molar-refractivity contribution in [2.24, 2.45) is 0 Å². The van der Waals surface area contributed by atoms with Gasteiger partial charge in [-0.15, -0.1) is 45.3 Å². The molecule has 0 saturated heterocycles. The lowest BCUT2D eigenvalue weighted by atomic mass is 10.0. The largest absolute Gasteiger partial charge is 0.324 e. The first-order chi connectivity index (χ1) is 31.7. The maximum absolute atomic E-state index is 9.16. The van der Waals surface area contributed by atoms with E-state index in [-0.39, 0.29) is 0 Å². The number of hydrogen-bond donors (Lipinski definition) is 2. The van der Waals surface area contributed by atoms with Crippen LogP contribution in [0.15, 0.2) is 143 Å². The molecule has 8 bridgehead atoms. The highest BCUT2D eigenvalue weighted by Crippen LogP contribution is 2.46. The van der Waals surface area contributed by atoms with E-state index in [9.17, 15) is 0 Å². The van der Waals surface area contributed by atoms with E-state index < -0.39 is 8.26 Å². The molecule has 7 aromatic heterocycles. The Balaban J connectivity index is 0.000000846. The van der Waals surface area contributed by atoms with Crippen LogP contribution in [0, 0.1) is 0 Å². The fourth-order valence-corrected chi connectivity index (χ4v) is 11.6. The monoisotopic (exact) mass is 976 g/mol. The van der Waals surface area contributed by atoms with Gasteiger partial charge in [0.2, 0.25) is 0 Å². The maximum Gasteiger partial charge on any atom is 0.317 e. The predicted octanol–water partition coefficient (Wildman–Crippen LogP) is 14.5. The van der Waals surface area contributed by atoms with Crippen LogP contribution >= 0.6 is 66.7 Å². The van der Waals surface area contributed by atoms with Crippen molar-refractivity contribution in [1.82, 2.24) is 39.9 Å². The topological polar surface area (TPSA) is 143 Å². The highest BCUT2D eigenvalue weighted by Gasteiger charge is 2.27. The number of benzene rings is 4. The third-order valence-corrected chi connectivity index (χ3v) is 14.7. The molecule has 17 heteroatoms. The third-order valence-electron chi connectivity index (χ3n) is 11.1. The summed E-state index contributed by atoms with van der Waals surface area (Å²) in [6.07, 6.45) is 0. The number of aromatic amines is 2. The van der Waals surface area contributed by atoms with Gasteiger partial charge in [0.1, 0.15) is 22.6 Å². The van der Waals surface area contributed by atoms with Gasteiger partial charge in [-0.2, -0.15) is 8.42 Å². The van der Waals surface area contributed by atoms with Crippen molar-refractivity contribution >= 4 is 119 Å². The van der Waals surface area contributed by atoms with Crippen molar-refractivity contribution in [3.63, 3.8) is 0 Å². The fraction of sp³-hybridized carbons (Fsp3) is 0. The van der Waals surface area contributed by atoms with Gasteiger partial charge in [-0.05, 0) is 45.8 Å². The molecule has 0 saturated carbocycles. The Labute approximate surface area is 394 Å². The summed E-state index contributed by atoms with van der Waals surface area (Å²) in [4.78, 5) is 44.2. The quantitative estimate of drug-likeness (QED) is 0.166. The molecule has 0 amide bonds. The number of hydrogen-bond acceptors (Lipinski definition) is 12. The summed E-state index contributed by atoms with van der Waals surface area (Å²) in [5.74, 6) is 2.30. The van der Waals surface area contributed by atoms with E-state index in [0.29, 0.717) is 45.9 Å². The number of rotatable bonds is 4. The molecule has 11 aromatic rings. The summed E-state index contributed by atoms with van der Waals surface area (Å²) in [6, 6.07) is 42.2. The minimum absolute atomic E-state index is 0.573. The van der Waals surface area contributed by atoms with Crippen LogP contribution < -0.4 is 0 Å². The number of thiophene rings is 4. The van der Waals surface area contributed by atoms with Gasteiger partial charge in [0.05, 0.1) is 0 Å². The average molecular weight is 978 g/mol. The molecule has 314 valence electrons. The average Bonchev–Trinajstić information content (AvgIpc) is 4.15. The molecular weight excluding hydrogens is 952 g/mol. The lowest BCUT2D eigenvalue weighted by Gasteiger charge is -2.06. The molecule has 0 unspecified atom stereocenters. The molecule has 0 aliphatic carbocycles. The molecule has 10 nitrogen and oxygen atoms in total. The summed E-state index contributed by atoms with van der Waals surface area (Å²) in [5.41, 5.74) is 10.6. The highest BCUT2D eigenvalue weighted by molar-refractivity contribution is 8.31. The molecule has 0 atom stereocenters. The van der Waals surface area contributed by atoms with Crippen LogP contribution in [0.25, 0.3) is 131 Å². The maximum atomic E-state index is 9.16. The van der Waals surface area contributed by atoms with Crippen molar-refractivity contribution in [2.75, 3.05) is 0 Å². The third kappa shape index (κ3) is 7.16. The second-order valence-electron chi connectivity index (χ2n) is 14.8. The first kappa shape index (κ1) is 40.1. The molecule has 13 rings (SSSR count). The Bertz CT molecular complexity index is 3690. The molecule has 0 spiro atoms. The van der Waals surface area contributed by atoms with Gasteiger partial charge in [-0.25, -0.2) is 29.9 Å². The Morgan fingerprint density at radius 2 is 0.692 bits per heavy atom. The summed E-state index contributed by atoms with van der Waals surface area (Å²) in [5, 5.41) is 12.2. The van der Waals surface area contributed by atoms with Crippen molar-refractivity contribution in [3.05, 3.63) is 143 Å². The molecule has 2 N–H and O–H groups in total. The van der Waals surface area contributed by atoms with Crippen molar-refractivity contribution in [1.29, 1.82) is 0 Å². The van der Waals surface area contributed by atoms with Crippen molar-refractivity contribution in [2.45, 2.75) is 0 Å². The number of H-pyrrole nitrogens is 2. The van der Waals surface area contributed by atoms with Crippen LogP contribution in [0.3, 0.4) is 0 Å². The molecule has 0 fully saturated rings. The zero-order valence-electron chi connectivity index (χ0n) is 33.2. The smallest absolute Gasteiger partial charge is 0.317 e. The van der Waals surface area contributed by atoms with Crippen LogP contribution in [0.4, 0.5) is 0 Å². The van der Waals surface area contributed by atoms with E-state index in [1.54, 1.807) is 45.3 Å². The van der Waals surface area contributed by atoms with Gasteiger partial charge >= 0.3 is 8.26 Å². The zero-order valence-corrected chi connectivity index (χ0v) is 38.7. The minimum atomic E-state index is -3.72. The molecule has 9 heterocycles. The number of halogens is 2. The molecule has 2 aliphatic heterocycles. The molecular formula is C48H26Cl2N8O2S5. The van der Waals surface area contributed by atoms with Gasteiger partial charge in [0, 0.05) is 107 Å². The Hall–Kier alpha value is -6.43. The summed E-state index contributed by atoms with van der Waals surface area (Å²) >= 11 is 6.79. The molecule has 65 heavy (non-hydrogen) atoms. The lowest BCUT2D eigenvalue weighted by Crippen LogP contribution is -1.86. The first-order valence-electron chi connectivity index (χ1n) is 19.9. The molecule has 0 radical (unpaired) electrons. The Morgan fingerprint density at radius 1 is 0.369 bits per heavy atom. The fourth-order valence-electron chi connectivity index (χ4n) is 8.53. The predicted molar refractivity (Wildman–Crippen MR) is 270 cm³/mol. The molecule has 4 aromatic carbocycles. The standard InChI is InChI=1S/C48H26N8S4.Cl2O2S/c1-9-25(33-17-5-21-57-33)37-29(13-1)41-49-45(37)54-42-31-15-3-11-27(35-19-7-23-59-35)39(31)47(51-42)56-44-32-16-4-12-28(36-20-8-24-60-36)40(32)48(52-44)55-43-30-14-2-10-26(34-18-6-22-58-34)38(30)46(50-43)53-41;1-5(2,3)4/h1-24H,(H2,49,50,51,52,53,54,55,56);. The van der Waals surface area contributed by atoms with Crippen LogP contribution in [0.1, 0.15) is 0 Å². The lowest BCUT2D eigenvalue weighted by molar-refractivity contribution is 0.621. The van der Waals surface area contributed by atoms with Gasteiger partial charge in [-0.3, -0.25) is 0 Å². The van der Waals surface area contributed by atoms with Gasteiger partial charge < -0.3 is 9.97 Å². The van der Waals surface area contributed by atoms with Gasteiger partial charge in [-0.1, -0.05) is 97.1 Å². The van der Waals surface area contributed by atoms with Crippen LogP contribution in [0.2, 0.25) is 0 Å². The van der Waals surface area contributed by atoms with Gasteiger partial charge in [0.25, 0.3) is 0 Å². The number of nitrogens with one attached hydrogen (secondary N) is 2. The van der Waals surface area contributed by atoms with Crippen molar-refractivity contribution < 1.29 is 8.42 Å². The minimum Gasteiger partial charge on any atom is -0.324 e. The summed E-state index contributed by atoms with van der Waals surface area (Å²) in [7, 11) is 4.81. The van der Waals surface area contributed by atoms with Crippen molar-refractivity contribution in [3.8, 4) is 87.3 Å². The summed E-state index contributed by atoms with van der Waals surface area (Å²) < 4.78 is 18.3. The van der Waals surface area contributed by atoms with E-state index in [1.165, 1.54) is 0 Å². The highest BCUT2D eigenvalue weighted by atomic mass is 36.0. The SMILES string of the molecule is O=S(=O)(Cl)Cl.c1csc(-c2cccc3c2-c2nc-3nc3[nH]c(nc4nc(nc5[nH]c(n2)c2cccc(-c6cccs6)c52)-c2cccc(-c5cccs5)c2-4)c2cccc(-c4cccs4)c32)c1. The van der Waals surface area contributed by atoms with Crippen LogP contribution in [-0.2, 0) is 8.26 Å². The number of aromatic nitrogens is 8. The van der Waals surface area contributed by atoms with Crippen LogP contribution in [0.5, 0.6) is 0 Å². The zero-order chi connectivity index (χ0) is 43.8. The van der Waals surface area contributed by atoms with E-state index in [2.05, 4.69) is 174 Å². The van der Waals surface area contributed by atoms with E-state index in [1.807, 2.05) is 0 Å². The normalized spacial score (nSPS) is 12.0.